The molecule has 0 saturated heterocycles. The zero-order valence-electron chi connectivity index (χ0n) is 8.83. The van der Waals surface area contributed by atoms with Crippen LogP contribution in [-0.4, -0.2) is 6.54 Å². The van der Waals surface area contributed by atoms with Crippen molar-refractivity contribution in [1.29, 1.82) is 0 Å². The van der Waals surface area contributed by atoms with Gasteiger partial charge in [-0.1, -0.05) is 19.4 Å². The van der Waals surface area contributed by atoms with Crippen LogP contribution < -0.4 is 5.32 Å². The highest BCUT2D eigenvalue weighted by Gasteiger charge is 2.22. The van der Waals surface area contributed by atoms with E-state index < -0.39 is 0 Å². The van der Waals surface area contributed by atoms with Crippen molar-refractivity contribution in [3.05, 3.63) is 22.4 Å². The SMILES string of the molecule is CCCC(NCC1CC1)c1cccs1. The van der Waals surface area contributed by atoms with E-state index >= 15 is 0 Å². The maximum Gasteiger partial charge on any atom is 0.0414 e. The smallest absolute Gasteiger partial charge is 0.0414 e. The van der Waals surface area contributed by atoms with E-state index in [-0.39, 0.29) is 0 Å². The molecule has 1 atom stereocenters. The topological polar surface area (TPSA) is 12.0 Å². The van der Waals surface area contributed by atoms with Crippen LogP contribution in [0.2, 0.25) is 0 Å². The number of rotatable bonds is 6. The van der Waals surface area contributed by atoms with Crippen LogP contribution >= 0.6 is 11.3 Å². The molecule has 1 aromatic rings. The summed E-state index contributed by atoms with van der Waals surface area (Å²) in [6.45, 7) is 3.49. The summed E-state index contributed by atoms with van der Waals surface area (Å²) in [6, 6.07) is 5.02. The zero-order valence-corrected chi connectivity index (χ0v) is 9.65. The minimum atomic E-state index is 0.612. The third kappa shape index (κ3) is 2.82. The highest BCUT2D eigenvalue weighted by atomic mass is 32.1. The van der Waals surface area contributed by atoms with Crippen molar-refractivity contribution < 1.29 is 0 Å². The fourth-order valence-electron chi connectivity index (χ4n) is 1.75. The lowest BCUT2D eigenvalue weighted by molar-refractivity contribution is 0.487. The molecule has 0 aliphatic heterocycles. The summed E-state index contributed by atoms with van der Waals surface area (Å²) in [5, 5.41) is 5.87. The molecule has 14 heavy (non-hydrogen) atoms. The van der Waals surface area contributed by atoms with Crippen LogP contribution in [0.15, 0.2) is 17.5 Å². The third-order valence-corrected chi connectivity index (χ3v) is 3.80. The van der Waals surface area contributed by atoms with Gasteiger partial charge < -0.3 is 5.32 Å². The molecular formula is C12H19NS. The van der Waals surface area contributed by atoms with Gasteiger partial charge >= 0.3 is 0 Å². The second-order valence-electron chi connectivity index (χ2n) is 4.21. The van der Waals surface area contributed by atoms with E-state index in [0.717, 1.165) is 5.92 Å². The van der Waals surface area contributed by atoms with E-state index in [1.165, 1.54) is 37.1 Å². The minimum absolute atomic E-state index is 0.612. The molecule has 0 spiro atoms. The quantitative estimate of drug-likeness (QED) is 0.755. The molecule has 2 heteroatoms. The lowest BCUT2D eigenvalue weighted by Crippen LogP contribution is -2.22. The molecular weight excluding hydrogens is 190 g/mol. The lowest BCUT2D eigenvalue weighted by Gasteiger charge is -2.16. The Balaban J connectivity index is 1.85. The highest BCUT2D eigenvalue weighted by Crippen LogP contribution is 2.30. The summed E-state index contributed by atoms with van der Waals surface area (Å²) in [5.41, 5.74) is 0. The van der Waals surface area contributed by atoms with E-state index in [1.807, 2.05) is 11.3 Å². The molecule has 2 rings (SSSR count). The Morgan fingerprint density at radius 1 is 1.57 bits per heavy atom. The molecule has 0 bridgehead atoms. The van der Waals surface area contributed by atoms with Crippen molar-refractivity contribution in [1.82, 2.24) is 5.32 Å². The standard InChI is InChI=1S/C12H19NS/c1-2-4-11(12-5-3-8-14-12)13-9-10-6-7-10/h3,5,8,10-11,13H,2,4,6-7,9H2,1H3. The molecule has 1 nitrogen and oxygen atoms in total. The van der Waals surface area contributed by atoms with Crippen molar-refractivity contribution in [3.8, 4) is 0 Å². The first-order valence-corrected chi connectivity index (χ1v) is 6.55. The van der Waals surface area contributed by atoms with Crippen molar-refractivity contribution in [2.24, 2.45) is 5.92 Å². The van der Waals surface area contributed by atoms with Gasteiger partial charge in [-0.3, -0.25) is 0 Å². The molecule has 1 aliphatic rings. The predicted molar refractivity (Wildman–Crippen MR) is 62.7 cm³/mol. The average Bonchev–Trinajstić information content (AvgIpc) is 2.86. The summed E-state index contributed by atoms with van der Waals surface area (Å²) in [7, 11) is 0. The number of hydrogen-bond acceptors (Lipinski definition) is 2. The summed E-state index contributed by atoms with van der Waals surface area (Å²) >= 11 is 1.88. The van der Waals surface area contributed by atoms with Gasteiger partial charge in [0, 0.05) is 10.9 Å². The van der Waals surface area contributed by atoms with Crippen molar-refractivity contribution in [2.45, 2.75) is 38.6 Å². The summed E-state index contributed by atoms with van der Waals surface area (Å²) in [4.78, 5) is 1.51. The first-order chi connectivity index (χ1) is 6.90. The van der Waals surface area contributed by atoms with Gasteiger partial charge in [0.05, 0.1) is 0 Å². The fourth-order valence-corrected chi connectivity index (χ4v) is 2.59. The van der Waals surface area contributed by atoms with E-state index in [4.69, 9.17) is 0 Å². The van der Waals surface area contributed by atoms with E-state index in [1.54, 1.807) is 0 Å². The van der Waals surface area contributed by atoms with Crippen LogP contribution in [0, 0.1) is 5.92 Å². The average molecular weight is 209 g/mol. The van der Waals surface area contributed by atoms with Gasteiger partial charge in [0.2, 0.25) is 0 Å². The van der Waals surface area contributed by atoms with Gasteiger partial charge in [0.1, 0.15) is 0 Å². The second kappa shape index (κ2) is 4.94. The molecule has 1 aromatic heterocycles. The van der Waals surface area contributed by atoms with E-state index in [2.05, 4.69) is 29.8 Å². The molecule has 0 amide bonds. The molecule has 1 N–H and O–H groups in total. The van der Waals surface area contributed by atoms with E-state index in [9.17, 15) is 0 Å². The maximum absolute atomic E-state index is 3.70. The van der Waals surface area contributed by atoms with Gasteiger partial charge in [0.15, 0.2) is 0 Å². The number of thiophene rings is 1. The van der Waals surface area contributed by atoms with Crippen LogP contribution in [0.1, 0.15) is 43.5 Å². The zero-order chi connectivity index (χ0) is 9.80. The van der Waals surface area contributed by atoms with E-state index in [0.29, 0.717) is 6.04 Å². The molecule has 1 saturated carbocycles. The van der Waals surface area contributed by atoms with Crippen molar-refractivity contribution in [3.63, 3.8) is 0 Å². The normalized spacial score (nSPS) is 18.4. The Hall–Kier alpha value is -0.340. The van der Waals surface area contributed by atoms with Crippen molar-refractivity contribution in [2.75, 3.05) is 6.54 Å². The molecule has 1 fully saturated rings. The molecule has 1 unspecified atom stereocenters. The lowest BCUT2D eigenvalue weighted by atomic mass is 10.1. The van der Waals surface area contributed by atoms with Gasteiger partial charge in [-0.2, -0.15) is 0 Å². The van der Waals surface area contributed by atoms with Crippen LogP contribution in [-0.2, 0) is 0 Å². The van der Waals surface area contributed by atoms with Crippen LogP contribution in [0.3, 0.4) is 0 Å². The van der Waals surface area contributed by atoms with Gasteiger partial charge in [0.25, 0.3) is 0 Å². The van der Waals surface area contributed by atoms with Gasteiger partial charge in [-0.05, 0) is 43.2 Å². The molecule has 0 radical (unpaired) electrons. The number of nitrogens with one attached hydrogen (secondary N) is 1. The van der Waals surface area contributed by atoms with Gasteiger partial charge in [-0.15, -0.1) is 11.3 Å². The van der Waals surface area contributed by atoms with Crippen molar-refractivity contribution >= 4 is 11.3 Å². The summed E-state index contributed by atoms with van der Waals surface area (Å²) < 4.78 is 0. The number of hydrogen-bond donors (Lipinski definition) is 1. The highest BCUT2D eigenvalue weighted by molar-refractivity contribution is 7.10. The fraction of sp³-hybridized carbons (Fsp3) is 0.667. The summed E-state index contributed by atoms with van der Waals surface area (Å²) in [5.74, 6) is 0.981. The Labute approximate surface area is 90.5 Å². The Morgan fingerprint density at radius 2 is 2.43 bits per heavy atom. The largest absolute Gasteiger partial charge is 0.309 e. The molecule has 78 valence electrons. The van der Waals surface area contributed by atoms with Crippen LogP contribution in [0.25, 0.3) is 0 Å². The molecule has 0 aromatic carbocycles. The minimum Gasteiger partial charge on any atom is -0.309 e. The first-order valence-electron chi connectivity index (χ1n) is 5.67. The Morgan fingerprint density at radius 3 is 3.00 bits per heavy atom. The maximum atomic E-state index is 3.70. The molecule has 1 heterocycles. The monoisotopic (exact) mass is 209 g/mol. The molecule has 1 aliphatic carbocycles. The second-order valence-corrected chi connectivity index (χ2v) is 5.19. The Kier molecular flexibility index (Phi) is 3.60. The van der Waals surface area contributed by atoms with Crippen LogP contribution in [0.5, 0.6) is 0 Å². The van der Waals surface area contributed by atoms with Crippen LogP contribution in [0.4, 0.5) is 0 Å². The van der Waals surface area contributed by atoms with Gasteiger partial charge in [-0.25, -0.2) is 0 Å². The first kappa shape index (κ1) is 10.2. The summed E-state index contributed by atoms with van der Waals surface area (Å²) in [6.07, 6.45) is 5.42. The third-order valence-electron chi connectivity index (χ3n) is 2.81. The Bertz CT molecular complexity index is 251. The predicted octanol–water partition coefficient (Wildman–Crippen LogP) is 3.59.